The van der Waals surface area contributed by atoms with Crippen LogP contribution in [0.3, 0.4) is 0 Å². The zero-order chi connectivity index (χ0) is 24.7. The molecule has 1 fully saturated rings. The minimum atomic E-state index is -0.668. The van der Waals surface area contributed by atoms with E-state index >= 15 is 0 Å². The van der Waals surface area contributed by atoms with Crippen LogP contribution in [0.2, 0.25) is 5.02 Å². The summed E-state index contributed by atoms with van der Waals surface area (Å²) in [6.07, 6.45) is 3.35. The predicted molar refractivity (Wildman–Crippen MR) is 124 cm³/mol. The summed E-state index contributed by atoms with van der Waals surface area (Å²) in [6.45, 7) is 5.81. The molecule has 1 aliphatic heterocycles. The largest absolute Gasteiger partial charge is 0.350 e. The molecule has 1 aromatic carbocycles. The molecule has 1 saturated heterocycles. The van der Waals surface area contributed by atoms with Gasteiger partial charge < -0.3 is 20.4 Å². The number of nitrogens with zero attached hydrogens (tertiary/aromatic N) is 2. The van der Waals surface area contributed by atoms with Crippen LogP contribution in [0.5, 0.6) is 0 Å². The molecule has 10 heteroatoms. The summed E-state index contributed by atoms with van der Waals surface area (Å²) in [4.78, 5) is 51.8. The highest BCUT2D eigenvalue weighted by molar-refractivity contribution is 6.31. The van der Waals surface area contributed by atoms with E-state index in [-0.39, 0.29) is 41.2 Å². The Labute approximate surface area is 198 Å². The molecule has 1 heterocycles. The molecular weight excluding hydrogens is 451 g/mol. The molecule has 2 atom stereocenters. The van der Waals surface area contributed by atoms with Crippen LogP contribution in [-0.2, 0) is 19.2 Å². The van der Waals surface area contributed by atoms with Crippen LogP contribution in [0.25, 0.3) is 0 Å². The minimum Gasteiger partial charge on any atom is -0.350 e. The molecule has 180 valence electrons. The molecule has 0 spiro atoms. The lowest BCUT2D eigenvalue weighted by atomic mass is 9.99. The summed E-state index contributed by atoms with van der Waals surface area (Å²) in [5.74, 6) is -1.52. The van der Waals surface area contributed by atoms with Gasteiger partial charge in [-0.05, 0) is 43.9 Å². The van der Waals surface area contributed by atoms with Crippen molar-refractivity contribution in [2.75, 3.05) is 25.5 Å². The van der Waals surface area contributed by atoms with Crippen molar-refractivity contribution in [2.24, 2.45) is 5.92 Å². The van der Waals surface area contributed by atoms with Gasteiger partial charge in [0.25, 0.3) is 0 Å². The first-order valence-electron chi connectivity index (χ1n) is 10.7. The summed E-state index contributed by atoms with van der Waals surface area (Å²) >= 11 is 5.78. The van der Waals surface area contributed by atoms with E-state index in [1.54, 1.807) is 20.0 Å². The highest BCUT2D eigenvalue weighted by Crippen LogP contribution is 2.24. The molecule has 1 aliphatic rings. The third-order valence-electron chi connectivity index (χ3n) is 5.62. The van der Waals surface area contributed by atoms with Crippen molar-refractivity contribution < 1.29 is 23.6 Å². The molecule has 0 aliphatic carbocycles. The van der Waals surface area contributed by atoms with E-state index in [1.807, 2.05) is 13.8 Å². The fourth-order valence-electron chi connectivity index (χ4n) is 3.81. The van der Waals surface area contributed by atoms with E-state index < -0.39 is 11.9 Å². The van der Waals surface area contributed by atoms with Gasteiger partial charge in [-0.1, -0.05) is 31.5 Å². The molecule has 2 unspecified atom stereocenters. The lowest BCUT2D eigenvalue weighted by Crippen LogP contribution is -2.45. The van der Waals surface area contributed by atoms with E-state index in [9.17, 15) is 23.6 Å². The molecule has 2 N–H and O–H groups in total. The van der Waals surface area contributed by atoms with Gasteiger partial charge in [-0.3, -0.25) is 19.2 Å². The zero-order valence-corrected chi connectivity index (χ0v) is 20.0. The molecule has 1 aromatic rings. The van der Waals surface area contributed by atoms with Gasteiger partial charge in [0, 0.05) is 24.9 Å². The SMILES string of the molecule is CC(=CC(C(C)C)N(C)C(=O)CNC=O)C(=O)N1CCCC1C(=O)Nc1ccc(F)c(Cl)c1. The number of hydrogen-bond donors (Lipinski definition) is 2. The minimum absolute atomic E-state index is 0.0128. The molecule has 0 saturated carbocycles. The third kappa shape index (κ3) is 6.77. The second kappa shape index (κ2) is 11.8. The van der Waals surface area contributed by atoms with Crippen LogP contribution >= 0.6 is 11.6 Å². The number of likely N-dealkylation sites (N-methyl/N-ethyl adjacent to an activating group) is 1. The van der Waals surface area contributed by atoms with Gasteiger partial charge in [0.15, 0.2) is 0 Å². The average molecular weight is 481 g/mol. The fraction of sp³-hybridized carbons (Fsp3) is 0.478. The Morgan fingerprint density at radius 2 is 2.03 bits per heavy atom. The van der Waals surface area contributed by atoms with Crippen LogP contribution in [0.15, 0.2) is 29.8 Å². The summed E-state index contributed by atoms with van der Waals surface area (Å²) in [7, 11) is 1.62. The number of carbonyl (C=O) groups is 4. The number of carbonyl (C=O) groups excluding carboxylic acids is 4. The highest BCUT2D eigenvalue weighted by atomic mass is 35.5. The maximum atomic E-state index is 13.4. The smallest absolute Gasteiger partial charge is 0.249 e. The van der Waals surface area contributed by atoms with Crippen molar-refractivity contribution in [1.29, 1.82) is 0 Å². The molecular formula is C23H30ClFN4O4. The van der Waals surface area contributed by atoms with Crippen molar-refractivity contribution in [3.05, 3.63) is 40.7 Å². The summed E-state index contributed by atoms with van der Waals surface area (Å²) in [5.41, 5.74) is 0.767. The molecule has 8 nitrogen and oxygen atoms in total. The second-order valence-electron chi connectivity index (χ2n) is 8.36. The van der Waals surface area contributed by atoms with E-state index in [4.69, 9.17) is 11.6 Å². The molecule has 4 amide bonds. The fourth-order valence-corrected chi connectivity index (χ4v) is 3.99. The van der Waals surface area contributed by atoms with Gasteiger partial charge >= 0.3 is 0 Å². The summed E-state index contributed by atoms with van der Waals surface area (Å²) in [5, 5.41) is 4.94. The standard InChI is InChI=1S/C23H30ClFN4O4/c1-14(2)20(28(4)21(31)12-26-13-30)10-15(3)23(33)29-9-5-6-19(29)22(32)27-16-7-8-18(25)17(24)11-16/h7-8,10-11,13-14,19-20H,5-6,9,12H2,1-4H3,(H,26,30)(H,27,32). The topological polar surface area (TPSA) is 98.8 Å². The third-order valence-corrected chi connectivity index (χ3v) is 5.91. The number of halogens is 2. The normalized spacial score (nSPS) is 17.0. The van der Waals surface area contributed by atoms with Crippen LogP contribution in [-0.4, -0.2) is 66.2 Å². The lowest BCUT2D eigenvalue weighted by molar-refractivity contribution is -0.133. The number of rotatable bonds is 9. The van der Waals surface area contributed by atoms with Crippen molar-refractivity contribution in [1.82, 2.24) is 15.1 Å². The maximum Gasteiger partial charge on any atom is 0.249 e. The van der Waals surface area contributed by atoms with Crippen molar-refractivity contribution >= 4 is 41.4 Å². The number of nitrogens with one attached hydrogen (secondary N) is 2. The zero-order valence-electron chi connectivity index (χ0n) is 19.2. The maximum absolute atomic E-state index is 13.4. The first kappa shape index (κ1) is 26.3. The quantitative estimate of drug-likeness (QED) is 0.419. The average Bonchev–Trinajstić information content (AvgIpc) is 3.27. The first-order valence-corrected chi connectivity index (χ1v) is 11.1. The predicted octanol–water partition coefficient (Wildman–Crippen LogP) is 2.58. The van der Waals surface area contributed by atoms with Gasteiger partial charge in [0.1, 0.15) is 11.9 Å². The Morgan fingerprint density at radius 3 is 2.64 bits per heavy atom. The van der Waals surface area contributed by atoms with Gasteiger partial charge in [0.05, 0.1) is 17.6 Å². The highest BCUT2D eigenvalue weighted by Gasteiger charge is 2.35. The molecule has 0 bridgehead atoms. The van der Waals surface area contributed by atoms with Crippen LogP contribution in [0.1, 0.15) is 33.6 Å². The number of likely N-dealkylation sites (tertiary alicyclic amines) is 1. The number of amides is 4. The van der Waals surface area contributed by atoms with Crippen molar-refractivity contribution in [3.63, 3.8) is 0 Å². The Kier molecular flexibility index (Phi) is 9.40. The number of anilines is 1. The second-order valence-corrected chi connectivity index (χ2v) is 8.77. The lowest BCUT2D eigenvalue weighted by Gasteiger charge is -2.30. The van der Waals surface area contributed by atoms with Crippen LogP contribution in [0.4, 0.5) is 10.1 Å². The van der Waals surface area contributed by atoms with Gasteiger partial charge in [0.2, 0.25) is 24.1 Å². The van der Waals surface area contributed by atoms with Gasteiger partial charge in [-0.15, -0.1) is 0 Å². The molecule has 2 rings (SSSR count). The Morgan fingerprint density at radius 1 is 1.33 bits per heavy atom. The van der Waals surface area contributed by atoms with Crippen LogP contribution in [0, 0.1) is 11.7 Å². The molecule has 33 heavy (non-hydrogen) atoms. The molecule has 0 radical (unpaired) electrons. The van der Waals surface area contributed by atoms with Gasteiger partial charge in [-0.2, -0.15) is 0 Å². The first-order chi connectivity index (χ1) is 15.6. The van der Waals surface area contributed by atoms with Crippen molar-refractivity contribution in [2.45, 2.75) is 45.7 Å². The van der Waals surface area contributed by atoms with Crippen LogP contribution < -0.4 is 10.6 Å². The van der Waals surface area contributed by atoms with Crippen molar-refractivity contribution in [3.8, 4) is 0 Å². The summed E-state index contributed by atoms with van der Waals surface area (Å²) in [6, 6.07) is 2.85. The Bertz CT molecular complexity index is 937. The van der Waals surface area contributed by atoms with E-state index in [1.165, 1.54) is 21.9 Å². The number of benzene rings is 1. The van der Waals surface area contributed by atoms with E-state index in [0.717, 1.165) is 6.07 Å². The Balaban J connectivity index is 2.14. The van der Waals surface area contributed by atoms with Gasteiger partial charge in [-0.25, -0.2) is 4.39 Å². The number of hydrogen-bond acceptors (Lipinski definition) is 4. The van der Waals surface area contributed by atoms with E-state index in [0.29, 0.717) is 37.1 Å². The van der Waals surface area contributed by atoms with E-state index in [2.05, 4.69) is 10.6 Å². The summed E-state index contributed by atoms with van der Waals surface area (Å²) < 4.78 is 13.4. The monoisotopic (exact) mass is 480 g/mol. The molecule has 0 aromatic heterocycles. The Hall–Kier alpha value is -2.94.